The summed E-state index contributed by atoms with van der Waals surface area (Å²) in [5.74, 6) is -3.64. The Kier molecular flexibility index (Phi) is 3.85. The van der Waals surface area contributed by atoms with Gasteiger partial charge < -0.3 is 14.9 Å². The number of carbonyl (C=O) groups excluding carboxylic acids is 1. The lowest BCUT2D eigenvalue weighted by Crippen LogP contribution is -2.32. The van der Waals surface area contributed by atoms with Crippen molar-refractivity contribution in [2.45, 2.75) is 19.4 Å². The minimum absolute atomic E-state index is 0.154. The van der Waals surface area contributed by atoms with Crippen molar-refractivity contribution in [2.24, 2.45) is 11.8 Å². The summed E-state index contributed by atoms with van der Waals surface area (Å²) in [5, 5.41) is 18.1. The van der Waals surface area contributed by atoms with Crippen molar-refractivity contribution < 1.29 is 24.5 Å². The molecule has 1 rings (SSSR count). The van der Waals surface area contributed by atoms with Gasteiger partial charge in [0, 0.05) is 5.92 Å². The van der Waals surface area contributed by atoms with Crippen molar-refractivity contribution in [2.75, 3.05) is 6.61 Å². The van der Waals surface area contributed by atoms with Gasteiger partial charge in [-0.1, -0.05) is 12.2 Å². The van der Waals surface area contributed by atoms with Gasteiger partial charge in [0.1, 0.15) is 0 Å². The summed E-state index contributed by atoms with van der Waals surface area (Å²) in [4.78, 5) is 22.3. The van der Waals surface area contributed by atoms with Gasteiger partial charge in [0.05, 0.1) is 12.7 Å². The summed E-state index contributed by atoms with van der Waals surface area (Å²) in [6, 6.07) is 0. The highest BCUT2D eigenvalue weighted by atomic mass is 16.5. The van der Waals surface area contributed by atoms with E-state index < -0.39 is 29.9 Å². The van der Waals surface area contributed by atoms with Crippen molar-refractivity contribution in [1.82, 2.24) is 0 Å². The number of esters is 1. The Morgan fingerprint density at radius 2 is 2.20 bits per heavy atom. The molecule has 0 aromatic carbocycles. The highest BCUT2D eigenvalue weighted by molar-refractivity contribution is 5.94. The second-order valence-corrected chi connectivity index (χ2v) is 3.42. The van der Waals surface area contributed by atoms with Gasteiger partial charge in [0.15, 0.2) is 5.92 Å². The predicted molar refractivity (Wildman–Crippen MR) is 51.0 cm³/mol. The van der Waals surface area contributed by atoms with Gasteiger partial charge in [-0.25, -0.2) is 0 Å². The quantitative estimate of drug-likeness (QED) is 0.396. The van der Waals surface area contributed by atoms with E-state index in [-0.39, 0.29) is 13.0 Å². The number of carbonyl (C=O) groups is 2. The maximum Gasteiger partial charge on any atom is 0.320 e. The molecule has 3 atom stereocenters. The molecule has 1 aliphatic rings. The molecule has 0 aromatic rings. The Balaban J connectivity index is 2.71. The molecule has 0 saturated carbocycles. The number of ether oxygens (including phenoxy) is 1. The van der Waals surface area contributed by atoms with Gasteiger partial charge in [0.2, 0.25) is 0 Å². The van der Waals surface area contributed by atoms with Crippen LogP contribution in [0.15, 0.2) is 12.2 Å². The van der Waals surface area contributed by atoms with Crippen LogP contribution in [-0.2, 0) is 14.3 Å². The Labute approximate surface area is 87.4 Å². The van der Waals surface area contributed by atoms with E-state index in [1.807, 2.05) is 0 Å². The first-order valence-electron chi connectivity index (χ1n) is 4.82. The third-order valence-corrected chi connectivity index (χ3v) is 2.33. The Morgan fingerprint density at radius 3 is 2.60 bits per heavy atom. The lowest BCUT2D eigenvalue weighted by atomic mass is 9.91. The molecule has 5 nitrogen and oxygen atoms in total. The van der Waals surface area contributed by atoms with E-state index in [1.165, 1.54) is 6.08 Å². The number of hydrogen-bond acceptors (Lipinski definition) is 4. The van der Waals surface area contributed by atoms with Crippen LogP contribution in [0.2, 0.25) is 0 Å². The molecule has 0 bridgehead atoms. The third kappa shape index (κ3) is 2.79. The van der Waals surface area contributed by atoms with Gasteiger partial charge in [-0.2, -0.15) is 0 Å². The minimum atomic E-state index is -1.21. The molecular formula is C10H14O5. The van der Waals surface area contributed by atoms with E-state index in [0.717, 1.165) is 0 Å². The summed E-state index contributed by atoms with van der Waals surface area (Å²) in [6.45, 7) is 1.78. The zero-order valence-corrected chi connectivity index (χ0v) is 8.42. The van der Waals surface area contributed by atoms with Crippen LogP contribution in [0.4, 0.5) is 0 Å². The average molecular weight is 214 g/mol. The summed E-state index contributed by atoms with van der Waals surface area (Å²) in [5.41, 5.74) is 0. The second-order valence-electron chi connectivity index (χ2n) is 3.42. The van der Waals surface area contributed by atoms with Crippen molar-refractivity contribution in [1.29, 1.82) is 0 Å². The van der Waals surface area contributed by atoms with E-state index in [9.17, 15) is 14.7 Å². The van der Waals surface area contributed by atoms with Crippen molar-refractivity contribution >= 4 is 11.9 Å². The first kappa shape index (κ1) is 11.7. The third-order valence-electron chi connectivity index (χ3n) is 2.33. The van der Waals surface area contributed by atoms with Gasteiger partial charge in [-0.3, -0.25) is 9.59 Å². The highest BCUT2D eigenvalue weighted by Gasteiger charge is 2.37. The van der Waals surface area contributed by atoms with Gasteiger partial charge in [-0.15, -0.1) is 0 Å². The van der Waals surface area contributed by atoms with Crippen molar-refractivity contribution in [3.8, 4) is 0 Å². The van der Waals surface area contributed by atoms with Crippen LogP contribution in [-0.4, -0.2) is 34.9 Å². The highest BCUT2D eigenvalue weighted by Crippen LogP contribution is 2.27. The Hall–Kier alpha value is -1.36. The maximum atomic E-state index is 11.4. The molecule has 0 amide bonds. The molecule has 2 N–H and O–H groups in total. The van der Waals surface area contributed by atoms with Crippen LogP contribution in [0.3, 0.4) is 0 Å². The molecule has 5 heteroatoms. The summed E-state index contributed by atoms with van der Waals surface area (Å²) >= 11 is 0. The van der Waals surface area contributed by atoms with E-state index in [2.05, 4.69) is 4.74 Å². The van der Waals surface area contributed by atoms with E-state index in [1.54, 1.807) is 13.0 Å². The van der Waals surface area contributed by atoms with Crippen LogP contribution >= 0.6 is 0 Å². The molecule has 1 aliphatic carbocycles. The number of carboxylic acid groups (broad SMARTS) is 1. The average Bonchev–Trinajstić information content (AvgIpc) is 2.51. The van der Waals surface area contributed by atoms with Crippen molar-refractivity contribution in [3.05, 3.63) is 12.2 Å². The molecule has 3 unspecified atom stereocenters. The van der Waals surface area contributed by atoms with Crippen molar-refractivity contribution in [3.63, 3.8) is 0 Å². The fourth-order valence-corrected chi connectivity index (χ4v) is 1.64. The SMILES string of the molecule is CCOC(=O)C(C(=O)O)C1C=CC(O)C1. The molecule has 0 radical (unpaired) electrons. The summed E-state index contributed by atoms with van der Waals surface area (Å²) in [6.07, 6.45) is 2.65. The fraction of sp³-hybridized carbons (Fsp3) is 0.600. The molecule has 15 heavy (non-hydrogen) atoms. The van der Waals surface area contributed by atoms with E-state index >= 15 is 0 Å². The van der Waals surface area contributed by atoms with Gasteiger partial charge >= 0.3 is 11.9 Å². The summed E-state index contributed by atoms with van der Waals surface area (Å²) in [7, 11) is 0. The molecule has 0 fully saturated rings. The second kappa shape index (κ2) is 4.93. The maximum absolute atomic E-state index is 11.4. The van der Waals surface area contributed by atoms with Crippen LogP contribution in [0, 0.1) is 11.8 Å². The first-order valence-corrected chi connectivity index (χ1v) is 4.82. The lowest BCUT2D eigenvalue weighted by molar-refractivity contribution is -0.160. The van der Waals surface area contributed by atoms with Crippen LogP contribution in [0.1, 0.15) is 13.3 Å². The van der Waals surface area contributed by atoms with Crippen LogP contribution in [0.5, 0.6) is 0 Å². The van der Waals surface area contributed by atoms with E-state index in [0.29, 0.717) is 0 Å². The van der Waals surface area contributed by atoms with Crippen LogP contribution in [0.25, 0.3) is 0 Å². The molecule has 0 heterocycles. The topological polar surface area (TPSA) is 83.8 Å². The largest absolute Gasteiger partial charge is 0.481 e. The number of aliphatic hydroxyl groups excluding tert-OH is 1. The zero-order chi connectivity index (χ0) is 11.4. The molecule has 0 spiro atoms. The monoisotopic (exact) mass is 214 g/mol. The molecule has 0 aliphatic heterocycles. The number of aliphatic hydroxyl groups is 1. The van der Waals surface area contributed by atoms with Crippen LogP contribution < -0.4 is 0 Å². The zero-order valence-electron chi connectivity index (χ0n) is 8.42. The number of hydrogen-bond donors (Lipinski definition) is 2. The first-order chi connectivity index (χ1) is 7.06. The lowest BCUT2D eigenvalue weighted by Gasteiger charge is -2.16. The summed E-state index contributed by atoms with van der Waals surface area (Å²) < 4.78 is 4.68. The molecular weight excluding hydrogens is 200 g/mol. The number of carboxylic acids is 1. The molecule has 0 saturated heterocycles. The standard InChI is InChI=1S/C10H14O5/c1-2-15-10(14)8(9(12)13)6-3-4-7(11)5-6/h3-4,6-8,11H,2,5H2,1H3,(H,12,13). The Morgan fingerprint density at radius 1 is 1.53 bits per heavy atom. The van der Waals surface area contributed by atoms with Gasteiger partial charge in [0.25, 0.3) is 0 Å². The Bertz CT molecular complexity index is 284. The number of rotatable bonds is 4. The molecule has 0 aromatic heterocycles. The smallest absolute Gasteiger partial charge is 0.320 e. The van der Waals surface area contributed by atoms with Gasteiger partial charge in [-0.05, 0) is 13.3 Å². The fourth-order valence-electron chi connectivity index (χ4n) is 1.64. The minimum Gasteiger partial charge on any atom is -0.481 e. The van der Waals surface area contributed by atoms with E-state index in [4.69, 9.17) is 5.11 Å². The number of aliphatic carboxylic acids is 1. The molecule has 84 valence electrons. The number of allylic oxidation sites excluding steroid dienone is 1. The predicted octanol–water partition coefficient (Wildman–Crippen LogP) is 0.187. The normalized spacial score (nSPS) is 26.3.